The second-order valence-corrected chi connectivity index (χ2v) is 4.31. The molecule has 4 heteroatoms. The van der Waals surface area contributed by atoms with Crippen LogP contribution in [0.5, 0.6) is 5.75 Å². The number of hydrogen-bond donors (Lipinski definition) is 1. The van der Waals surface area contributed by atoms with Crippen molar-refractivity contribution in [3.05, 3.63) is 64.7 Å². The molecule has 0 bridgehead atoms. The normalized spacial score (nSPS) is 10.5. The minimum atomic E-state index is -0.372. The Morgan fingerprint density at radius 3 is 2.68 bits per heavy atom. The predicted octanol–water partition coefficient (Wildman–Crippen LogP) is 3.31. The van der Waals surface area contributed by atoms with Crippen molar-refractivity contribution < 1.29 is 13.5 Å². The highest BCUT2D eigenvalue weighted by Gasteiger charge is 2.07. The van der Waals surface area contributed by atoms with Crippen LogP contribution in [-0.4, -0.2) is 0 Å². The van der Waals surface area contributed by atoms with E-state index >= 15 is 0 Å². The van der Waals surface area contributed by atoms with Crippen LogP contribution in [0.3, 0.4) is 0 Å². The Morgan fingerprint density at radius 2 is 1.95 bits per heavy atom. The van der Waals surface area contributed by atoms with Gasteiger partial charge in [0.05, 0.1) is 0 Å². The van der Waals surface area contributed by atoms with Crippen molar-refractivity contribution in [1.29, 1.82) is 0 Å². The molecule has 0 saturated carbocycles. The van der Waals surface area contributed by atoms with Gasteiger partial charge in [-0.25, -0.2) is 8.78 Å². The minimum absolute atomic E-state index is 0.123. The zero-order valence-electron chi connectivity index (χ0n) is 10.6. The van der Waals surface area contributed by atoms with Crippen molar-refractivity contribution >= 4 is 0 Å². The summed E-state index contributed by atoms with van der Waals surface area (Å²) in [5.74, 6) is -0.518. The van der Waals surface area contributed by atoms with E-state index in [1.807, 2.05) is 0 Å². The van der Waals surface area contributed by atoms with Gasteiger partial charge in [0.2, 0.25) is 0 Å². The van der Waals surface area contributed by atoms with E-state index in [0.29, 0.717) is 11.1 Å². The number of nitrogens with two attached hydrogens (primary N) is 1. The van der Waals surface area contributed by atoms with Crippen LogP contribution in [0, 0.1) is 18.6 Å². The second kappa shape index (κ2) is 5.80. The lowest BCUT2D eigenvalue weighted by molar-refractivity contribution is 0.289. The van der Waals surface area contributed by atoms with Crippen molar-refractivity contribution in [2.45, 2.75) is 20.1 Å². The lowest BCUT2D eigenvalue weighted by Crippen LogP contribution is -2.03. The van der Waals surface area contributed by atoms with E-state index in [0.717, 1.165) is 5.56 Å². The highest BCUT2D eigenvalue weighted by atomic mass is 19.1. The third kappa shape index (κ3) is 3.09. The lowest BCUT2D eigenvalue weighted by Gasteiger charge is -2.09. The molecule has 0 fully saturated rings. The molecule has 0 aliphatic rings. The molecule has 0 amide bonds. The average molecular weight is 263 g/mol. The van der Waals surface area contributed by atoms with E-state index < -0.39 is 0 Å². The molecule has 2 aromatic carbocycles. The zero-order valence-corrected chi connectivity index (χ0v) is 10.6. The SMILES string of the molecule is Cc1cccc(OCc2ccc(F)c(CN)c2)c1F. The lowest BCUT2D eigenvalue weighted by atomic mass is 10.1. The molecule has 0 aromatic heterocycles. The van der Waals surface area contributed by atoms with Gasteiger partial charge in [0.25, 0.3) is 0 Å². The number of aryl methyl sites for hydroxylation is 1. The fourth-order valence-corrected chi connectivity index (χ4v) is 1.77. The molecular formula is C15H15F2NO. The molecule has 0 radical (unpaired) electrons. The Labute approximate surface area is 110 Å². The molecule has 2 nitrogen and oxygen atoms in total. The van der Waals surface area contributed by atoms with E-state index in [1.54, 1.807) is 37.3 Å². The molecular weight excluding hydrogens is 248 g/mol. The first-order chi connectivity index (χ1) is 9.11. The number of halogens is 2. The quantitative estimate of drug-likeness (QED) is 0.918. The van der Waals surface area contributed by atoms with Crippen molar-refractivity contribution in [3.8, 4) is 5.75 Å². The fourth-order valence-electron chi connectivity index (χ4n) is 1.77. The highest BCUT2D eigenvalue weighted by molar-refractivity contribution is 5.31. The Hall–Kier alpha value is -1.94. The van der Waals surface area contributed by atoms with Crippen LogP contribution in [0.15, 0.2) is 36.4 Å². The van der Waals surface area contributed by atoms with Crippen LogP contribution in [0.25, 0.3) is 0 Å². The molecule has 19 heavy (non-hydrogen) atoms. The molecule has 0 atom stereocenters. The monoisotopic (exact) mass is 263 g/mol. The zero-order chi connectivity index (χ0) is 13.8. The summed E-state index contributed by atoms with van der Waals surface area (Å²) in [6.45, 7) is 1.97. The van der Waals surface area contributed by atoms with Crippen LogP contribution in [0.1, 0.15) is 16.7 Å². The molecule has 0 aliphatic heterocycles. The van der Waals surface area contributed by atoms with Crippen molar-refractivity contribution in [2.75, 3.05) is 0 Å². The summed E-state index contributed by atoms with van der Waals surface area (Å²) in [5.41, 5.74) is 7.13. The van der Waals surface area contributed by atoms with Crippen LogP contribution >= 0.6 is 0 Å². The standard InChI is InChI=1S/C15H15F2NO/c1-10-3-2-4-14(15(10)17)19-9-11-5-6-13(16)12(7-11)8-18/h2-7H,8-9,18H2,1H3. The summed E-state index contributed by atoms with van der Waals surface area (Å²) in [4.78, 5) is 0. The molecule has 0 saturated heterocycles. The number of hydrogen-bond acceptors (Lipinski definition) is 2. The molecule has 100 valence electrons. The topological polar surface area (TPSA) is 35.2 Å². The van der Waals surface area contributed by atoms with E-state index in [4.69, 9.17) is 10.5 Å². The number of ether oxygens (including phenoxy) is 1. The van der Waals surface area contributed by atoms with Gasteiger partial charge >= 0.3 is 0 Å². The summed E-state index contributed by atoms with van der Waals surface area (Å²) in [6, 6.07) is 9.53. The van der Waals surface area contributed by atoms with Gasteiger partial charge in [0, 0.05) is 12.1 Å². The average Bonchev–Trinajstić information content (AvgIpc) is 2.42. The summed E-state index contributed by atoms with van der Waals surface area (Å²) < 4.78 is 32.4. The molecule has 0 unspecified atom stereocenters. The molecule has 2 N–H and O–H groups in total. The predicted molar refractivity (Wildman–Crippen MR) is 69.8 cm³/mol. The smallest absolute Gasteiger partial charge is 0.167 e. The highest BCUT2D eigenvalue weighted by Crippen LogP contribution is 2.21. The van der Waals surface area contributed by atoms with Crippen molar-refractivity contribution in [2.24, 2.45) is 5.73 Å². The Balaban J connectivity index is 2.12. The summed E-state index contributed by atoms with van der Waals surface area (Å²) >= 11 is 0. The molecule has 2 rings (SSSR count). The van der Waals surface area contributed by atoms with E-state index in [2.05, 4.69) is 0 Å². The molecule has 0 heterocycles. The van der Waals surface area contributed by atoms with Gasteiger partial charge < -0.3 is 10.5 Å². The maximum Gasteiger partial charge on any atom is 0.167 e. The number of benzene rings is 2. The Kier molecular flexibility index (Phi) is 4.12. The largest absolute Gasteiger partial charge is 0.486 e. The van der Waals surface area contributed by atoms with Crippen LogP contribution < -0.4 is 10.5 Å². The Morgan fingerprint density at radius 1 is 1.16 bits per heavy atom. The van der Waals surface area contributed by atoms with Gasteiger partial charge in [-0.05, 0) is 36.2 Å². The van der Waals surface area contributed by atoms with Gasteiger partial charge in [-0.3, -0.25) is 0 Å². The van der Waals surface area contributed by atoms with E-state index in [9.17, 15) is 8.78 Å². The third-order valence-electron chi connectivity index (χ3n) is 2.88. The first-order valence-electron chi connectivity index (χ1n) is 5.97. The summed E-state index contributed by atoms with van der Waals surface area (Å²) in [6.07, 6.45) is 0. The molecule has 0 aliphatic carbocycles. The van der Waals surface area contributed by atoms with Gasteiger partial charge in [0.15, 0.2) is 11.6 Å². The minimum Gasteiger partial charge on any atom is -0.486 e. The van der Waals surface area contributed by atoms with Gasteiger partial charge in [-0.15, -0.1) is 0 Å². The summed E-state index contributed by atoms with van der Waals surface area (Å²) in [7, 11) is 0. The number of rotatable bonds is 4. The van der Waals surface area contributed by atoms with Crippen LogP contribution in [0.4, 0.5) is 8.78 Å². The fraction of sp³-hybridized carbons (Fsp3) is 0.200. The molecule has 0 spiro atoms. The van der Waals surface area contributed by atoms with Crippen molar-refractivity contribution in [1.82, 2.24) is 0 Å². The summed E-state index contributed by atoms with van der Waals surface area (Å²) in [5, 5.41) is 0. The Bertz CT molecular complexity index is 584. The van der Waals surface area contributed by atoms with Crippen LogP contribution in [-0.2, 0) is 13.2 Å². The van der Waals surface area contributed by atoms with Crippen LogP contribution in [0.2, 0.25) is 0 Å². The maximum atomic E-state index is 13.7. The van der Waals surface area contributed by atoms with Gasteiger partial charge in [0.1, 0.15) is 12.4 Å². The molecule has 2 aromatic rings. The van der Waals surface area contributed by atoms with E-state index in [-0.39, 0.29) is 30.5 Å². The van der Waals surface area contributed by atoms with E-state index in [1.165, 1.54) is 6.07 Å². The second-order valence-electron chi connectivity index (χ2n) is 4.31. The third-order valence-corrected chi connectivity index (χ3v) is 2.88. The first kappa shape index (κ1) is 13.5. The van der Waals surface area contributed by atoms with Crippen molar-refractivity contribution in [3.63, 3.8) is 0 Å². The van der Waals surface area contributed by atoms with Gasteiger partial charge in [-0.2, -0.15) is 0 Å². The maximum absolute atomic E-state index is 13.7. The first-order valence-corrected chi connectivity index (χ1v) is 5.97. The van der Waals surface area contributed by atoms with Gasteiger partial charge in [-0.1, -0.05) is 18.2 Å².